The summed E-state index contributed by atoms with van der Waals surface area (Å²) in [7, 11) is 0. The van der Waals surface area contributed by atoms with Gasteiger partial charge in [0.25, 0.3) is 0 Å². The second-order valence-corrected chi connectivity index (χ2v) is 8.10. The molecule has 3 aromatic carbocycles. The van der Waals surface area contributed by atoms with Gasteiger partial charge >= 0.3 is 12.5 Å². The lowest BCUT2D eigenvalue weighted by Gasteiger charge is -2.19. The molecule has 0 saturated carbocycles. The van der Waals surface area contributed by atoms with E-state index in [0.29, 0.717) is 30.2 Å². The average Bonchev–Trinajstić information content (AvgIpc) is 2.80. The fraction of sp³-hybridized carbons (Fsp3) is 0.259. The lowest BCUT2D eigenvalue weighted by Crippen LogP contribution is -2.23. The van der Waals surface area contributed by atoms with Gasteiger partial charge in [0.1, 0.15) is 17.4 Å². The summed E-state index contributed by atoms with van der Waals surface area (Å²) in [6.45, 7) is 1.99. The molecule has 38 heavy (non-hydrogen) atoms. The van der Waals surface area contributed by atoms with Gasteiger partial charge in [0.05, 0.1) is 11.1 Å². The summed E-state index contributed by atoms with van der Waals surface area (Å²) in [5.74, 6) is -3.73. The third-order valence-electron chi connectivity index (χ3n) is 5.16. The van der Waals surface area contributed by atoms with Crippen LogP contribution < -0.4 is 9.47 Å². The number of halogens is 9. The summed E-state index contributed by atoms with van der Waals surface area (Å²) < 4.78 is 130. The third kappa shape index (κ3) is 7.60. The smallest absolute Gasteiger partial charge is 0.429 e. The molecule has 11 heteroatoms. The monoisotopic (exact) mass is 546 g/mol. The van der Waals surface area contributed by atoms with Crippen LogP contribution in [0.15, 0.2) is 48.5 Å². The molecule has 0 heterocycles. The van der Waals surface area contributed by atoms with E-state index in [0.717, 1.165) is 43.5 Å². The van der Waals surface area contributed by atoms with Crippen molar-refractivity contribution in [2.24, 2.45) is 0 Å². The third-order valence-corrected chi connectivity index (χ3v) is 5.16. The van der Waals surface area contributed by atoms with Crippen LogP contribution in [0.5, 0.6) is 11.5 Å². The molecular formula is C27H19F9O2. The second-order valence-electron chi connectivity index (χ2n) is 8.10. The fourth-order valence-corrected chi connectivity index (χ4v) is 3.38. The Balaban J connectivity index is 1.76. The van der Waals surface area contributed by atoms with Crippen LogP contribution in [0.25, 0.3) is 0 Å². The zero-order chi connectivity index (χ0) is 28.1. The number of benzene rings is 3. The molecule has 3 rings (SSSR count). The van der Waals surface area contributed by atoms with E-state index in [9.17, 15) is 39.5 Å². The van der Waals surface area contributed by atoms with Crippen LogP contribution in [0.1, 0.15) is 48.4 Å². The summed E-state index contributed by atoms with van der Waals surface area (Å²) >= 11 is 0. The fourth-order valence-electron chi connectivity index (χ4n) is 3.38. The van der Waals surface area contributed by atoms with E-state index < -0.39 is 63.9 Å². The van der Waals surface area contributed by atoms with Gasteiger partial charge in [-0.15, -0.1) is 13.2 Å². The van der Waals surface area contributed by atoms with Gasteiger partial charge in [-0.1, -0.05) is 37.7 Å². The Kier molecular flexibility index (Phi) is 8.86. The van der Waals surface area contributed by atoms with E-state index in [1.807, 2.05) is 6.92 Å². The predicted molar refractivity (Wildman–Crippen MR) is 120 cm³/mol. The number of unbranched alkanes of at least 4 members (excludes halogenated alkanes) is 2. The van der Waals surface area contributed by atoms with Gasteiger partial charge in [0.15, 0.2) is 11.6 Å². The molecule has 0 bridgehead atoms. The molecule has 0 fully saturated rings. The van der Waals surface area contributed by atoms with Gasteiger partial charge in [-0.05, 0) is 54.8 Å². The average molecular weight is 546 g/mol. The Morgan fingerprint density at radius 2 is 1.39 bits per heavy atom. The van der Waals surface area contributed by atoms with Gasteiger partial charge in [-0.2, -0.15) is 8.78 Å². The summed E-state index contributed by atoms with van der Waals surface area (Å²) in [6.07, 6.45) is -6.32. The highest BCUT2D eigenvalue weighted by molar-refractivity contribution is 5.47. The number of ether oxygens (including phenoxy) is 2. The van der Waals surface area contributed by atoms with E-state index in [-0.39, 0.29) is 0 Å². The molecule has 0 radical (unpaired) electrons. The van der Waals surface area contributed by atoms with Crippen LogP contribution >= 0.6 is 0 Å². The van der Waals surface area contributed by atoms with Crippen molar-refractivity contribution in [3.8, 4) is 23.3 Å². The van der Waals surface area contributed by atoms with Crippen molar-refractivity contribution in [1.29, 1.82) is 0 Å². The van der Waals surface area contributed by atoms with Crippen LogP contribution in [0.3, 0.4) is 0 Å². The number of rotatable bonds is 8. The molecule has 2 nitrogen and oxygen atoms in total. The molecule has 0 aliphatic heterocycles. The summed E-state index contributed by atoms with van der Waals surface area (Å²) in [4.78, 5) is 0. The van der Waals surface area contributed by atoms with Crippen molar-refractivity contribution in [3.05, 3.63) is 94.1 Å². The molecule has 0 atom stereocenters. The van der Waals surface area contributed by atoms with Crippen LogP contribution in [-0.2, 0) is 12.5 Å². The maximum absolute atomic E-state index is 14.6. The van der Waals surface area contributed by atoms with Crippen LogP contribution in [0, 0.1) is 35.1 Å². The first-order chi connectivity index (χ1) is 17.8. The standard InChI is InChI=1S/C27H19F9O2/c1-2-3-4-5-16-7-11-20(22(29)12-16)26(32,33)37-19-10-9-18(21(28)15-19)8-6-17-13-23(30)25(24(31)14-17)38-27(34,35)36/h7,9-15H,2-5H2,1H3. The molecule has 0 spiro atoms. The molecule has 0 aliphatic carbocycles. The minimum Gasteiger partial charge on any atom is -0.429 e. The van der Waals surface area contributed by atoms with E-state index in [1.165, 1.54) is 6.07 Å². The number of alkyl halides is 5. The molecule has 0 unspecified atom stereocenters. The normalized spacial score (nSPS) is 11.6. The van der Waals surface area contributed by atoms with Crippen molar-refractivity contribution in [1.82, 2.24) is 0 Å². The highest BCUT2D eigenvalue weighted by Gasteiger charge is 2.38. The van der Waals surface area contributed by atoms with Gasteiger partial charge < -0.3 is 9.47 Å². The Morgan fingerprint density at radius 1 is 0.711 bits per heavy atom. The molecule has 3 aromatic rings. The lowest BCUT2D eigenvalue weighted by atomic mass is 10.0. The van der Waals surface area contributed by atoms with Crippen LogP contribution in [0.2, 0.25) is 0 Å². The molecule has 0 aromatic heterocycles. The molecule has 0 N–H and O–H groups in total. The predicted octanol–water partition coefficient (Wildman–Crippen LogP) is 8.40. The number of hydrogen-bond acceptors (Lipinski definition) is 2. The molecule has 0 amide bonds. The Hall–Kier alpha value is -3.81. The Labute approximate surface area is 212 Å². The zero-order valence-corrected chi connectivity index (χ0v) is 19.7. The molecule has 0 aliphatic rings. The van der Waals surface area contributed by atoms with Gasteiger partial charge in [0, 0.05) is 11.6 Å². The van der Waals surface area contributed by atoms with Crippen molar-refractivity contribution in [3.63, 3.8) is 0 Å². The SMILES string of the molecule is CCCCCc1ccc(C(F)(F)Oc2ccc(C#Cc3cc(F)c(OC(F)(F)F)c(F)c3)c(F)c2)c(F)c1. The minimum absolute atomic E-state index is 0.403. The summed E-state index contributed by atoms with van der Waals surface area (Å²) in [5, 5.41) is 0. The largest absolute Gasteiger partial charge is 0.573 e. The highest BCUT2D eigenvalue weighted by Crippen LogP contribution is 2.34. The number of aryl methyl sites for hydroxylation is 1. The van der Waals surface area contributed by atoms with Crippen LogP contribution in [-0.4, -0.2) is 6.36 Å². The van der Waals surface area contributed by atoms with Crippen molar-refractivity contribution in [2.75, 3.05) is 0 Å². The van der Waals surface area contributed by atoms with E-state index >= 15 is 0 Å². The Morgan fingerprint density at radius 3 is 1.97 bits per heavy atom. The summed E-state index contributed by atoms with van der Waals surface area (Å²) in [5.41, 5.74) is -1.34. The van der Waals surface area contributed by atoms with Crippen molar-refractivity contribution < 1.29 is 49.0 Å². The van der Waals surface area contributed by atoms with Gasteiger partial charge in [-0.3, -0.25) is 0 Å². The Bertz CT molecular complexity index is 1330. The quantitative estimate of drug-likeness (QED) is 0.161. The van der Waals surface area contributed by atoms with Gasteiger partial charge in [-0.25, -0.2) is 17.6 Å². The maximum Gasteiger partial charge on any atom is 0.573 e. The van der Waals surface area contributed by atoms with Crippen molar-refractivity contribution in [2.45, 2.75) is 45.1 Å². The first-order valence-corrected chi connectivity index (χ1v) is 11.2. The van der Waals surface area contributed by atoms with Crippen molar-refractivity contribution >= 4 is 0 Å². The van der Waals surface area contributed by atoms with Gasteiger partial charge in [0.2, 0.25) is 5.75 Å². The second kappa shape index (κ2) is 11.7. The summed E-state index contributed by atoms with van der Waals surface area (Å²) in [6, 6.07) is 6.53. The maximum atomic E-state index is 14.6. The number of hydrogen-bond donors (Lipinski definition) is 0. The highest BCUT2D eigenvalue weighted by atomic mass is 19.4. The zero-order valence-electron chi connectivity index (χ0n) is 19.7. The first kappa shape index (κ1) is 28.8. The van der Waals surface area contributed by atoms with E-state index in [1.54, 1.807) is 0 Å². The van der Waals surface area contributed by atoms with Crippen LogP contribution in [0.4, 0.5) is 39.5 Å². The van der Waals surface area contributed by atoms with E-state index in [4.69, 9.17) is 0 Å². The lowest BCUT2D eigenvalue weighted by molar-refractivity contribution is -0.276. The topological polar surface area (TPSA) is 18.5 Å². The first-order valence-electron chi connectivity index (χ1n) is 11.2. The minimum atomic E-state index is -5.33. The molecule has 0 saturated heterocycles. The van der Waals surface area contributed by atoms with E-state index in [2.05, 4.69) is 21.3 Å². The molecular weight excluding hydrogens is 527 g/mol. The molecule has 202 valence electrons.